The second kappa shape index (κ2) is 6.44. The molecule has 21 heavy (non-hydrogen) atoms. The molecule has 2 N–H and O–H groups in total. The lowest BCUT2D eigenvalue weighted by Crippen LogP contribution is -2.16. The Kier molecular flexibility index (Phi) is 4.63. The summed E-state index contributed by atoms with van der Waals surface area (Å²) < 4.78 is 1.42. The summed E-state index contributed by atoms with van der Waals surface area (Å²) in [5, 5.41) is 20.9. The average Bonchev–Trinajstić information content (AvgIpc) is 2.79. The van der Waals surface area contributed by atoms with Crippen LogP contribution in [0, 0.1) is 10.1 Å². The molecule has 0 saturated carbocycles. The minimum Gasteiger partial charge on any atom is -0.380 e. The van der Waals surface area contributed by atoms with E-state index in [4.69, 9.17) is 0 Å². The number of benzene rings is 1. The monoisotopic (exact) mass is 309 g/mol. The predicted molar refractivity (Wildman–Crippen MR) is 79.9 cm³/mol. The van der Waals surface area contributed by atoms with Gasteiger partial charge < -0.3 is 5.32 Å². The fraction of sp³-hybridized carbons (Fsp3) is 0.333. The summed E-state index contributed by atoms with van der Waals surface area (Å²) in [7, 11) is 0. The van der Waals surface area contributed by atoms with E-state index in [0.29, 0.717) is 28.8 Å². The number of nitrogens with one attached hydrogen (secondary N) is 2. The molecule has 1 heterocycles. The topological polar surface area (TPSA) is 106 Å². The van der Waals surface area contributed by atoms with Gasteiger partial charge in [-0.2, -0.15) is 0 Å². The van der Waals surface area contributed by atoms with Gasteiger partial charge in [-0.05, 0) is 37.7 Å². The summed E-state index contributed by atoms with van der Waals surface area (Å²) in [6.07, 6.45) is 0. The molecule has 1 aromatic carbocycles. The van der Waals surface area contributed by atoms with E-state index >= 15 is 0 Å². The molecular weight excluding hydrogens is 294 g/mol. The van der Waals surface area contributed by atoms with E-state index in [-0.39, 0.29) is 11.4 Å². The normalized spacial score (nSPS) is 10.6. The molecule has 0 aliphatic carbocycles. The average molecular weight is 309 g/mol. The van der Waals surface area contributed by atoms with Crippen LogP contribution < -0.4 is 11.0 Å². The highest BCUT2D eigenvalue weighted by Crippen LogP contribution is 2.38. The Hall–Kier alpha value is -2.29. The van der Waals surface area contributed by atoms with Crippen LogP contribution in [-0.4, -0.2) is 26.2 Å². The van der Waals surface area contributed by atoms with Crippen LogP contribution in [0.5, 0.6) is 0 Å². The number of aromatic amines is 1. The van der Waals surface area contributed by atoms with Crippen molar-refractivity contribution in [3.63, 3.8) is 0 Å². The molecule has 2 rings (SSSR count). The van der Waals surface area contributed by atoms with Gasteiger partial charge in [0.05, 0.1) is 9.82 Å². The summed E-state index contributed by atoms with van der Waals surface area (Å²) in [5.74, 6) is 0. The molecule has 0 spiro atoms. The Morgan fingerprint density at radius 1 is 1.48 bits per heavy atom. The zero-order valence-electron chi connectivity index (χ0n) is 11.6. The van der Waals surface area contributed by atoms with Crippen molar-refractivity contribution in [2.75, 3.05) is 11.9 Å². The molecule has 0 unspecified atom stereocenters. The molecule has 1 aromatic heterocycles. The van der Waals surface area contributed by atoms with Crippen molar-refractivity contribution >= 4 is 23.1 Å². The van der Waals surface area contributed by atoms with E-state index in [9.17, 15) is 14.9 Å². The van der Waals surface area contributed by atoms with Crippen molar-refractivity contribution in [3.05, 3.63) is 38.8 Å². The van der Waals surface area contributed by atoms with Crippen molar-refractivity contribution < 1.29 is 4.92 Å². The maximum atomic E-state index is 11.5. The second-order valence-corrected chi connectivity index (χ2v) is 5.11. The fourth-order valence-electron chi connectivity index (χ4n) is 1.88. The summed E-state index contributed by atoms with van der Waals surface area (Å²) >= 11 is 1.09. The van der Waals surface area contributed by atoms with Crippen LogP contribution in [0.25, 0.3) is 0 Å². The summed E-state index contributed by atoms with van der Waals surface area (Å²) in [5.41, 5.74) is 0.112. The van der Waals surface area contributed by atoms with Gasteiger partial charge in [0.15, 0.2) is 5.16 Å². The zero-order chi connectivity index (χ0) is 15.4. The van der Waals surface area contributed by atoms with E-state index in [2.05, 4.69) is 15.5 Å². The third kappa shape index (κ3) is 3.07. The maximum Gasteiger partial charge on any atom is 0.343 e. The van der Waals surface area contributed by atoms with Crippen molar-refractivity contribution in [2.45, 2.75) is 30.4 Å². The first-order chi connectivity index (χ1) is 10.1. The smallest absolute Gasteiger partial charge is 0.343 e. The summed E-state index contributed by atoms with van der Waals surface area (Å²) in [6.45, 7) is 4.70. The minimum absolute atomic E-state index is 0.0116. The molecule has 0 saturated heterocycles. The molecule has 0 aliphatic heterocycles. The molecule has 9 heteroatoms. The van der Waals surface area contributed by atoms with Gasteiger partial charge in [0.25, 0.3) is 0 Å². The van der Waals surface area contributed by atoms with Gasteiger partial charge in [-0.3, -0.25) is 14.7 Å². The number of anilines is 1. The highest BCUT2D eigenvalue weighted by atomic mass is 32.2. The Morgan fingerprint density at radius 2 is 2.24 bits per heavy atom. The van der Waals surface area contributed by atoms with E-state index in [1.807, 2.05) is 13.8 Å². The number of hydrogen-bond acceptors (Lipinski definition) is 6. The first-order valence-electron chi connectivity index (χ1n) is 6.42. The third-order valence-corrected chi connectivity index (χ3v) is 3.83. The minimum atomic E-state index is -0.429. The number of nitrogens with zero attached hydrogens (tertiary/aromatic N) is 3. The van der Waals surface area contributed by atoms with Crippen LogP contribution in [0.15, 0.2) is 33.0 Å². The summed E-state index contributed by atoms with van der Waals surface area (Å²) in [6, 6.07) is 5.03. The number of nitro benzene ring substituents is 1. The van der Waals surface area contributed by atoms with E-state index in [1.54, 1.807) is 18.2 Å². The van der Waals surface area contributed by atoms with E-state index in [0.717, 1.165) is 11.8 Å². The number of rotatable bonds is 6. The Bertz CT molecular complexity index is 709. The van der Waals surface area contributed by atoms with Crippen molar-refractivity contribution in [1.82, 2.24) is 14.8 Å². The Labute approximate surface area is 124 Å². The van der Waals surface area contributed by atoms with Crippen LogP contribution in [0.1, 0.15) is 13.8 Å². The molecule has 0 bridgehead atoms. The van der Waals surface area contributed by atoms with Crippen LogP contribution >= 0.6 is 11.8 Å². The van der Waals surface area contributed by atoms with Gasteiger partial charge in [-0.15, -0.1) is 5.10 Å². The second-order valence-electron chi connectivity index (χ2n) is 4.10. The van der Waals surface area contributed by atoms with Gasteiger partial charge in [-0.1, -0.05) is 6.07 Å². The van der Waals surface area contributed by atoms with Crippen LogP contribution in [-0.2, 0) is 6.54 Å². The molecular formula is C12H15N5O3S. The van der Waals surface area contributed by atoms with Gasteiger partial charge in [0.2, 0.25) is 0 Å². The number of hydrogen-bond donors (Lipinski definition) is 2. The van der Waals surface area contributed by atoms with Gasteiger partial charge in [0.1, 0.15) is 5.69 Å². The van der Waals surface area contributed by atoms with E-state index < -0.39 is 4.92 Å². The standard InChI is InChI=1S/C12H15N5O3S/c1-3-13-8-6-5-7-9(10(8)17(19)20)21-12-15-14-11(18)16(12)4-2/h5-7,13H,3-4H2,1-2H3,(H,14,18). The lowest BCUT2D eigenvalue weighted by atomic mass is 10.2. The Balaban J connectivity index is 2.46. The molecule has 0 amide bonds. The molecule has 0 aliphatic rings. The van der Waals surface area contributed by atoms with Crippen molar-refractivity contribution in [3.8, 4) is 0 Å². The Morgan fingerprint density at radius 3 is 2.86 bits per heavy atom. The van der Waals surface area contributed by atoms with Crippen molar-refractivity contribution in [1.29, 1.82) is 0 Å². The first kappa shape index (κ1) is 15.1. The highest BCUT2D eigenvalue weighted by molar-refractivity contribution is 7.99. The molecule has 112 valence electrons. The fourth-order valence-corrected chi connectivity index (χ4v) is 2.92. The molecule has 0 fully saturated rings. The number of H-pyrrole nitrogens is 1. The molecule has 0 radical (unpaired) electrons. The van der Waals surface area contributed by atoms with Gasteiger partial charge in [0, 0.05) is 13.1 Å². The zero-order valence-corrected chi connectivity index (χ0v) is 12.4. The number of para-hydroxylation sites is 1. The molecule has 8 nitrogen and oxygen atoms in total. The highest BCUT2D eigenvalue weighted by Gasteiger charge is 2.22. The van der Waals surface area contributed by atoms with Crippen molar-refractivity contribution in [2.24, 2.45) is 0 Å². The lowest BCUT2D eigenvalue weighted by Gasteiger charge is -2.08. The first-order valence-corrected chi connectivity index (χ1v) is 7.24. The summed E-state index contributed by atoms with van der Waals surface area (Å²) in [4.78, 5) is 22.9. The van der Waals surface area contributed by atoms with Gasteiger partial charge in [-0.25, -0.2) is 9.89 Å². The van der Waals surface area contributed by atoms with Crippen LogP contribution in [0.2, 0.25) is 0 Å². The third-order valence-electron chi connectivity index (χ3n) is 2.79. The molecule has 0 atom stereocenters. The van der Waals surface area contributed by atoms with E-state index in [1.165, 1.54) is 4.57 Å². The largest absolute Gasteiger partial charge is 0.380 e. The van der Waals surface area contributed by atoms with Gasteiger partial charge >= 0.3 is 11.4 Å². The predicted octanol–water partition coefficient (Wildman–Crippen LogP) is 2.08. The van der Waals surface area contributed by atoms with Crippen LogP contribution in [0.3, 0.4) is 0 Å². The molecule has 2 aromatic rings. The number of aromatic nitrogens is 3. The van der Waals surface area contributed by atoms with Crippen LogP contribution in [0.4, 0.5) is 11.4 Å². The number of nitro groups is 1. The SMILES string of the molecule is CCNc1cccc(Sc2n[nH]c(=O)n2CC)c1[N+](=O)[O-]. The lowest BCUT2D eigenvalue weighted by molar-refractivity contribution is -0.386. The maximum absolute atomic E-state index is 11.5. The quantitative estimate of drug-likeness (QED) is 0.625.